The third-order valence-electron chi connectivity index (χ3n) is 2.35. The molecule has 0 amide bonds. The standard InChI is InChI=1S/C12H16BrFO/c1-2-3-4-5-12(15)9-6-10(13)8-11(14)7-9/h6-8,12,15H,2-5H2,1H3. The Bertz CT molecular complexity index is 294. The normalized spacial score (nSPS) is 12.8. The highest BCUT2D eigenvalue weighted by Gasteiger charge is 2.09. The van der Waals surface area contributed by atoms with E-state index in [1.165, 1.54) is 12.1 Å². The minimum Gasteiger partial charge on any atom is -0.388 e. The number of aliphatic hydroxyl groups excluding tert-OH is 1. The average molecular weight is 275 g/mol. The van der Waals surface area contributed by atoms with Crippen LogP contribution in [-0.4, -0.2) is 5.11 Å². The SMILES string of the molecule is CCCCCC(O)c1cc(F)cc(Br)c1. The summed E-state index contributed by atoms with van der Waals surface area (Å²) in [6.07, 6.45) is 3.35. The van der Waals surface area contributed by atoms with Crippen molar-refractivity contribution in [1.82, 2.24) is 0 Å². The highest BCUT2D eigenvalue weighted by atomic mass is 79.9. The molecular weight excluding hydrogens is 259 g/mol. The number of halogens is 2. The van der Waals surface area contributed by atoms with Crippen molar-refractivity contribution in [2.75, 3.05) is 0 Å². The molecule has 1 nitrogen and oxygen atoms in total. The fraction of sp³-hybridized carbons (Fsp3) is 0.500. The Hall–Kier alpha value is -0.410. The Morgan fingerprint density at radius 1 is 1.33 bits per heavy atom. The molecule has 0 radical (unpaired) electrons. The lowest BCUT2D eigenvalue weighted by Gasteiger charge is -2.11. The summed E-state index contributed by atoms with van der Waals surface area (Å²) in [6.45, 7) is 2.12. The summed E-state index contributed by atoms with van der Waals surface area (Å²) in [5, 5.41) is 9.81. The Labute approximate surface area is 98.4 Å². The first-order valence-corrected chi connectivity index (χ1v) is 6.07. The summed E-state index contributed by atoms with van der Waals surface area (Å²) in [5.41, 5.74) is 0.651. The molecule has 0 spiro atoms. The van der Waals surface area contributed by atoms with Gasteiger partial charge in [-0.1, -0.05) is 42.1 Å². The zero-order chi connectivity index (χ0) is 11.3. The molecule has 1 unspecified atom stereocenters. The fourth-order valence-electron chi connectivity index (χ4n) is 1.52. The van der Waals surface area contributed by atoms with Crippen LogP contribution in [0.4, 0.5) is 4.39 Å². The Morgan fingerprint density at radius 3 is 2.67 bits per heavy atom. The van der Waals surface area contributed by atoms with Gasteiger partial charge in [0.05, 0.1) is 6.10 Å². The van der Waals surface area contributed by atoms with E-state index in [-0.39, 0.29) is 5.82 Å². The largest absolute Gasteiger partial charge is 0.388 e. The van der Waals surface area contributed by atoms with Crippen LogP contribution in [0.3, 0.4) is 0 Å². The molecule has 0 heterocycles. The van der Waals surface area contributed by atoms with E-state index in [2.05, 4.69) is 22.9 Å². The van der Waals surface area contributed by atoms with Crippen molar-refractivity contribution in [3.05, 3.63) is 34.1 Å². The molecule has 1 aromatic rings. The van der Waals surface area contributed by atoms with E-state index in [4.69, 9.17) is 0 Å². The van der Waals surface area contributed by atoms with Gasteiger partial charge in [0.25, 0.3) is 0 Å². The molecule has 0 saturated carbocycles. The number of benzene rings is 1. The summed E-state index contributed by atoms with van der Waals surface area (Å²) < 4.78 is 13.7. The number of rotatable bonds is 5. The van der Waals surface area contributed by atoms with Crippen molar-refractivity contribution in [2.45, 2.75) is 38.7 Å². The van der Waals surface area contributed by atoms with Gasteiger partial charge in [-0.25, -0.2) is 4.39 Å². The van der Waals surface area contributed by atoms with Crippen LogP contribution >= 0.6 is 15.9 Å². The van der Waals surface area contributed by atoms with Gasteiger partial charge in [0.1, 0.15) is 5.82 Å². The van der Waals surface area contributed by atoms with Gasteiger partial charge >= 0.3 is 0 Å². The summed E-state index contributed by atoms with van der Waals surface area (Å²) >= 11 is 3.21. The molecule has 1 rings (SSSR count). The Morgan fingerprint density at radius 2 is 2.07 bits per heavy atom. The van der Waals surface area contributed by atoms with Crippen molar-refractivity contribution < 1.29 is 9.50 Å². The molecular formula is C12H16BrFO. The fourth-order valence-corrected chi connectivity index (χ4v) is 2.00. The second kappa shape index (κ2) is 6.23. The van der Waals surface area contributed by atoms with Gasteiger partial charge in [-0.15, -0.1) is 0 Å². The average Bonchev–Trinajstić information content (AvgIpc) is 2.16. The zero-order valence-electron chi connectivity index (χ0n) is 8.84. The quantitative estimate of drug-likeness (QED) is 0.798. The predicted molar refractivity (Wildman–Crippen MR) is 63.2 cm³/mol. The lowest BCUT2D eigenvalue weighted by atomic mass is 10.0. The van der Waals surface area contributed by atoms with E-state index in [0.29, 0.717) is 16.5 Å². The van der Waals surface area contributed by atoms with Gasteiger partial charge < -0.3 is 5.11 Å². The second-order valence-corrected chi connectivity index (χ2v) is 4.63. The molecule has 1 aromatic carbocycles. The predicted octanol–water partition coefficient (Wildman–Crippen LogP) is 4.20. The van der Waals surface area contributed by atoms with Crippen LogP contribution in [0.5, 0.6) is 0 Å². The Kier molecular flexibility index (Phi) is 5.26. The molecule has 3 heteroatoms. The van der Waals surface area contributed by atoms with E-state index in [9.17, 15) is 9.50 Å². The van der Waals surface area contributed by atoms with Gasteiger partial charge in [0.15, 0.2) is 0 Å². The molecule has 1 N–H and O–H groups in total. The molecule has 1 atom stereocenters. The second-order valence-electron chi connectivity index (χ2n) is 3.71. The van der Waals surface area contributed by atoms with Crippen LogP contribution in [0.25, 0.3) is 0 Å². The maximum absolute atomic E-state index is 13.0. The molecule has 0 bridgehead atoms. The van der Waals surface area contributed by atoms with Gasteiger partial charge in [-0.3, -0.25) is 0 Å². The van der Waals surface area contributed by atoms with Crippen LogP contribution in [0.15, 0.2) is 22.7 Å². The zero-order valence-corrected chi connectivity index (χ0v) is 10.4. The first-order valence-electron chi connectivity index (χ1n) is 5.27. The molecule has 0 aliphatic carbocycles. The third kappa shape index (κ3) is 4.31. The lowest BCUT2D eigenvalue weighted by Crippen LogP contribution is -1.98. The Balaban J connectivity index is 2.60. The highest BCUT2D eigenvalue weighted by Crippen LogP contribution is 2.24. The van der Waals surface area contributed by atoms with E-state index >= 15 is 0 Å². The van der Waals surface area contributed by atoms with Crippen LogP contribution in [0.1, 0.15) is 44.3 Å². The van der Waals surface area contributed by atoms with Gasteiger partial charge in [-0.05, 0) is 30.2 Å². The maximum Gasteiger partial charge on any atom is 0.124 e. The summed E-state index contributed by atoms with van der Waals surface area (Å²) in [6, 6.07) is 4.54. The van der Waals surface area contributed by atoms with E-state index in [0.717, 1.165) is 19.3 Å². The van der Waals surface area contributed by atoms with Gasteiger partial charge in [0, 0.05) is 4.47 Å². The molecule has 0 aliphatic heterocycles. The summed E-state index contributed by atoms with van der Waals surface area (Å²) in [7, 11) is 0. The number of unbranched alkanes of at least 4 members (excludes halogenated alkanes) is 2. The van der Waals surface area contributed by atoms with Crippen molar-refractivity contribution in [1.29, 1.82) is 0 Å². The first-order chi connectivity index (χ1) is 7.13. The van der Waals surface area contributed by atoms with E-state index in [1.54, 1.807) is 6.07 Å². The first kappa shape index (κ1) is 12.7. The van der Waals surface area contributed by atoms with E-state index in [1.807, 2.05) is 0 Å². The minimum atomic E-state index is -0.552. The smallest absolute Gasteiger partial charge is 0.124 e. The summed E-state index contributed by atoms with van der Waals surface area (Å²) in [4.78, 5) is 0. The van der Waals surface area contributed by atoms with Crippen molar-refractivity contribution in [3.8, 4) is 0 Å². The lowest BCUT2D eigenvalue weighted by molar-refractivity contribution is 0.163. The van der Waals surface area contributed by atoms with Crippen LogP contribution in [-0.2, 0) is 0 Å². The molecule has 0 aliphatic rings. The topological polar surface area (TPSA) is 20.2 Å². The van der Waals surface area contributed by atoms with Crippen LogP contribution < -0.4 is 0 Å². The monoisotopic (exact) mass is 274 g/mol. The van der Waals surface area contributed by atoms with Gasteiger partial charge in [-0.2, -0.15) is 0 Å². The van der Waals surface area contributed by atoms with Crippen molar-refractivity contribution in [3.63, 3.8) is 0 Å². The number of aliphatic hydroxyl groups is 1. The number of hydrogen-bond donors (Lipinski definition) is 1. The summed E-state index contributed by atoms with van der Waals surface area (Å²) in [5.74, 6) is -0.311. The number of hydrogen-bond acceptors (Lipinski definition) is 1. The molecule has 0 fully saturated rings. The molecule has 0 saturated heterocycles. The van der Waals surface area contributed by atoms with Gasteiger partial charge in [0.2, 0.25) is 0 Å². The minimum absolute atomic E-state index is 0.311. The van der Waals surface area contributed by atoms with E-state index < -0.39 is 6.10 Å². The van der Waals surface area contributed by atoms with Crippen LogP contribution in [0, 0.1) is 5.82 Å². The van der Waals surface area contributed by atoms with Crippen molar-refractivity contribution >= 4 is 15.9 Å². The molecule has 15 heavy (non-hydrogen) atoms. The molecule has 0 aromatic heterocycles. The highest BCUT2D eigenvalue weighted by molar-refractivity contribution is 9.10. The third-order valence-corrected chi connectivity index (χ3v) is 2.81. The maximum atomic E-state index is 13.0. The molecule has 84 valence electrons. The van der Waals surface area contributed by atoms with Crippen LogP contribution in [0.2, 0.25) is 0 Å². The van der Waals surface area contributed by atoms with Crippen molar-refractivity contribution in [2.24, 2.45) is 0 Å².